The third kappa shape index (κ3) is 2.48. The Bertz CT molecular complexity index is 474. The molecule has 3 fully saturated rings. The Morgan fingerprint density at radius 2 is 1.82 bits per heavy atom. The lowest BCUT2D eigenvalue weighted by Gasteiger charge is -2.43. The highest BCUT2D eigenvalue weighted by molar-refractivity contribution is 5.71. The number of piperidine rings is 1. The summed E-state index contributed by atoms with van der Waals surface area (Å²) in [7, 11) is 0. The van der Waals surface area contributed by atoms with Crippen molar-refractivity contribution in [2.75, 3.05) is 13.1 Å². The van der Waals surface area contributed by atoms with E-state index in [2.05, 4.69) is 0 Å². The first kappa shape index (κ1) is 15.6. The van der Waals surface area contributed by atoms with Crippen molar-refractivity contribution in [2.45, 2.75) is 58.5 Å². The molecule has 0 radical (unpaired) electrons. The van der Waals surface area contributed by atoms with Crippen LogP contribution in [0.25, 0.3) is 0 Å². The van der Waals surface area contributed by atoms with Crippen molar-refractivity contribution in [3.05, 3.63) is 0 Å². The Labute approximate surface area is 132 Å². The van der Waals surface area contributed by atoms with Crippen molar-refractivity contribution in [1.29, 1.82) is 0 Å². The summed E-state index contributed by atoms with van der Waals surface area (Å²) in [5, 5.41) is 9.43. The third-order valence-corrected chi connectivity index (χ3v) is 6.07. The Balaban J connectivity index is 1.65. The molecular weight excluding hydrogens is 282 g/mol. The van der Waals surface area contributed by atoms with Gasteiger partial charge >= 0.3 is 12.1 Å². The quantitative estimate of drug-likeness (QED) is 0.808. The van der Waals surface area contributed by atoms with E-state index in [4.69, 9.17) is 4.74 Å². The standard InChI is InChI=1S/C17H27NO4/c1-16(2,3)22-15(21)18-8-6-17(7-9-18)11-4-5-13(17)12(10-11)14(19)20/h11-13H,4-10H2,1-3H3,(H,19,20)/t11-,12+,13-/m0/s1. The number of rotatable bonds is 1. The predicted octanol–water partition coefficient (Wildman–Crippen LogP) is 3.13. The van der Waals surface area contributed by atoms with E-state index >= 15 is 0 Å². The molecule has 1 heterocycles. The molecule has 3 aliphatic rings. The van der Waals surface area contributed by atoms with E-state index in [1.54, 1.807) is 4.90 Å². The Hall–Kier alpha value is -1.26. The highest BCUT2D eigenvalue weighted by Crippen LogP contribution is 2.64. The van der Waals surface area contributed by atoms with Crippen LogP contribution in [-0.2, 0) is 9.53 Å². The predicted molar refractivity (Wildman–Crippen MR) is 81.4 cm³/mol. The second-order valence-corrected chi connectivity index (χ2v) is 8.26. The summed E-state index contributed by atoms with van der Waals surface area (Å²) in [5.41, 5.74) is -0.297. The summed E-state index contributed by atoms with van der Waals surface area (Å²) < 4.78 is 5.45. The molecule has 22 heavy (non-hydrogen) atoms. The zero-order chi connectivity index (χ0) is 16.1. The molecule has 1 N–H and O–H groups in total. The molecule has 124 valence electrons. The van der Waals surface area contributed by atoms with Crippen LogP contribution in [0.2, 0.25) is 0 Å². The van der Waals surface area contributed by atoms with Gasteiger partial charge in [0.2, 0.25) is 0 Å². The molecular formula is C17H27NO4. The van der Waals surface area contributed by atoms with Gasteiger partial charge in [0.1, 0.15) is 5.60 Å². The molecule has 1 aliphatic heterocycles. The normalized spacial score (nSPS) is 33.2. The van der Waals surface area contributed by atoms with Crippen molar-refractivity contribution in [3.8, 4) is 0 Å². The molecule has 2 bridgehead atoms. The molecule has 2 aliphatic carbocycles. The smallest absolute Gasteiger partial charge is 0.410 e. The number of aliphatic carboxylic acids is 1. The van der Waals surface area contributed by atoms with E-state index in [9.17, 15) is 14.7 Å². The molecule has 3 atom stereocenters. The van der Waals surface area contributed by atoms with Crippen molar-refractivity contribution in [2.24, 2.45) is 23.2 Å². The van der Waals surface area contributed by atoms with Gasteiger partial charge in [-0.05, 0) is 70.1 Å². The zero-order valence-corrected chi connectivity index (χ0v) is 13.8. The van der Waals surface area contributed by atoms with Gasteiger partial charge in [0.25, 0.3) is 0 Å². The van der Waals surface area contributed by atoms with Gasteiger partial charge in [-0.25, -0.2) is 4.79 Å². The first-order valence-electron chi connectivity index (χ1n) is 8.44. The van der Waals surface area contributed by atoms with E-state index in [-0.39, 0.29) is 17.4 Å². The number of ether oxygens (including phenoxy) is 1. The van der Waals surface area contributed by atoms with Gasteiger partial charge in [0.15, 0.2) is 0 Å². The zero-order valence-electron chi connectivity index (χ0n) is 13.8. The Kier molecular flexibility index (Phi) is 3.65. The number of hydrogen-bond acceptors (Lipinski definition) is 3. The van der Waals surface area contributed by atoms with Crippen LogP contribution in [0.5, 0.6) is 0 Å². The maximum atomic E-state index is 12.2. The second kappa shape index (κ2) is 5.14. The number of carboxylic acids is 1. The summed E-state index contributed by atoms with van der Waals surface area (Å²) >= 11 is 0. The Morgan fingerprint density at radius 3 is 2.32 bits per heavy atom. The van der Waals surface area contributed by atoms with Gasteiger partial charge in [-0.3, -0.25) is 4.79 Å². The number of carbonyl (C=O) groups is 2. The van der Waals surface area contributed by atoms with Gasteiger partial charge in [-0.1, -0.05) is 0 Å². The van der Waals surface area contributed by atoms with Crippen LogP contribution >= 0.6 is 0 Å². The molecule has 5 heteroatoms. The van der Waals surface area contributed by atoms with Gasteiger partial charge in [-0.15, -0.1) is 0 Å². The van der Waals surface area contributed by atoms with Crippen molar-refractivity contribution in [1.82, 2.24) is 4.90 Å². The van der Waals surface area contributed by atoms with E-state index < -0.39 is 11.6 Å². The van der Waals surface area contributed by atoms with Gasteiger partial charge in [0, 0.05) is 13.1 Å². The summed E-state index contributed by atoms with van der Waals surface area (Å²) in [6.45, 7) is 7.05. The monoisotopic (exact) mass is 309 g/mol. The van der Waals surface area contributed by atoms with E-state index in [1.165, 1.54) is 6.42 Å². The molecule has 1 saturated heterocycles. The summed E-state index contributed by atoms with van der Waals surface area (Å²) in [6, 6.07) is 0. The van der Waals surface area contributed by atoms with Gasteiger partial charge in [-0.2, -0.15) is 0 Å². The molecule has 0 unspecified atom stereocenters. The molecule has 0 aromatic rings. The van der Waals surface area contributed by atoms with Crippen LogP contribution in [0, 0.1) is 23.2 Å². The van der Waals surface area contributed by atoms with Crippen LogP contribution < -0.4 is 0 Å². The SMILES string of the molecule is CC(C)(C)OC(=O)N1CCC2(CC1)[C@H]1CC[C@H]2[C@H](C(=O)O)C1. The number of amides is 1. The number of hydrogen-bond donors (Lipinski definition) is 1. The molecule has 2 saturated carbocycles. The molecule has 1 spiro atoms. The Morgan fingerprint density at radius 1 is 1.18 bits per heavy atom. The minimum atomic E-state index is -0.624. The topological polar surface area (TPSA) is 66.8 Å². The van der Waals surface area contributed by atoms with Crippen molar-refractivity contribution in [3.63, 3.8) is 0 Å². The number of nitrogens with zero attached hydrogens (tertiary/aromatic N) is 1. The summed E-state index contributed by atoms with van der Waals surface area (Å²) in [4.78, 5) is 25.4. The van der Waals surface area contributed by atoms with E-state index in [0.29, 0.717) is 24.9 Å². The van der Waals surface area contributed by atoms with Crippen molar-refractivity contribution >= 4 is 12.1 Å². The minimum Gasteiger partial charge on any atom is -0.481 e. The summed E-state index contributed by atoms with van der Waals surface area (Å²) in [5.74, 6) is 0.0724. The first-order valence-corrected chi connectivity index (χ1v) is 8.44. The van der Waals surface area contributed by atoms with Crippen LogP contribution in [0.1, 0.15) is 52.9 Å². The number of carboxylic acid groups (broad SMARTS) is 1. The second-order valence-electron chi connectivity index (χ2n) is 8.26. The van der Waals surface area contributed by atoms with Crippen LogP contribution in [0.4, 0.5) is 4.79 Å². The van der Waals surface area contributed by atoms with Gasteiger partial charge in [0.05, 0.1) is 5.92 Å². The van der Waals surface area contributed by atoms with Crippen LogP contribution in [0.15, 0.2) is 0 Å². The lowest BCUT2D eigenvalue weighted by atomic mass is 9.69. The average molecular weight is 309 g/mol. The number of likely N-dealkylation sites (tertiary alicyclic amines) is 1. The van der Waals surface area contributed by atoms with E-state index in [0.717, 1.165) is 25.7 Å². The highest BCUT2D eigenvalue weighted by atomic mass is 16.6. The summed E-state index contributed by atoms with van der Waals surface area (Å²) in [6.07, 6.45) is 4.69. The average Bonchev–Trinajstić information content (AvgIpc) is 2.90. The van der Waals surface area contributed by atoms with Crippen LogP contribution in [0.3, 0.4) is 0 Å². The first-order chi connectivity index (χ1) is 10.2. The highest BCUT2D eigenvalue weighted by Gasteiger charge is 2.61. The maximum Gasteiger partial charge on any atom is 0.410 e. The number of carbonyl (C=O) groups excluding carboxylic acids is 1. The van der Waals surface area contributed by atoms with Crippen LogP contribution in [-0.4, -0.2) is 40.8 Å². The molecule has 5 nitrogen and oxygen atoms in total. The third-order valence-electron chi connectivity index (χ3n) is 6.07. The fourth-order valence-corrected chi connectivity index (χ4v) is 5.17. The fourth-order valence-electron chi connectivity index (χ4n) is 5.17. The molecule has 3 rings (SSSR count). The lowest BCUT2D eigenvalue weighted by molar-refractivity contribution is -0.144. The molecule has 1 amide bonds. The fraction of sp³-hybridized carbons (Fsp3) is 0.882. The van der Waals surface area contributed by atoms with Gasteiger partial charge < -0.3 is 14.7 Å². The van der Waals surface area contributed by atoms with Crippen molar-refractivity contribution < 1.29 is 19.4 Å². The minimum absolute atomic E-state index is 0.160. The maximum absolute atomic E-state index is 12.2. The largest absolute Gasteiger partial charge is 0.481 e. The molecule has 0 aromatic heterocycles. The van der Waals surface area contributed by atoms with E-state index in [1.807, 2.05) is 20.8 Å². The molecule has 0 aromatic carbocycles. The lowest BCUT2D eigenvalue weighted by Crippen LogP contribution is -2.47.